The van der Waals surface area contributed by atoms with Gasteiger partial charge in [0.25, 0.3) is 11.1 Å². The summed E-state index contributed by atoms with van der Waals surface area (Å²) in [5, 5.41) is 9.50. The molecule has 0 bridgehead atoms. The number of anilines is 1. The zero-order chi connectivity index (χ0) is 16.6. The number of aromatic hydroxyl groups is 1. The molecule has 7 heteroatoms. The van der Waals surface area contributed by atoms with E-state index in [1.165, 1.54) is 0 Å². The summed E-state index contributed by atoms with van der Waals surface area (Å²) < 4.78 is 0.668. The molecule has 4 nitrogen and oxygen atoms in total. The van der Waals surface area contributed by atoms with Gasteiger partial charge in [-0.05, 0) is 70.3 Å². The smallest absolute Gasteiger partial charge is 0.298 e. The van der Waals surface area contributed by atoms with E-state index in [0.29, 0.717) is 19.2 Å². The van der Waals surface area contributed by atoms with E-state index in [9.17, 15) is 14.7 Å². The maximum absolute atomic E-state index is 12.5. The Morgan fingerprint density at radius 1 is 1.17 bits per heavy atom. The number of hydrogen-bond donors (Lipinski definition) is 1. The Labute approximate surface area is 155 Å². The number of halogens is 2. The molecule has 1 fully saturated rings. The fraction of sp³-hybridized carbons (Fsp3) is 0. The molecule has 0 radical (unpaired) electrons. The molecule has 0 spiro atoms. The molecule has 0 aliphatic carbocycles. The molecule has 1 saturated heterocycles. The highest BCUT2D eigenvalue weighted by Gasteiger charge is 2.37. The minimum atomic E-state index is -0.406. The molecule has 2 aromatic rings. The number of imide groups is 1. The van der Waals surface area contributed by atoms with Gasteiger partial charge in [0, 0.05) is 0 Å². The Hall–Kier alpha value is -1.51. The third-order valence-electron chi connectivity index (χ3n) is 3.16. The molecule has 2 amide bonds. The predicted molar refractivity (Wildman–Crippen MR) is 101 cm³/mol. The van der Waals surface area contributed by atoms with Crippen LogP contribution in [0.15, 0.2) is 47.4 Å². The van der Waals surface area contributed by atoms with Gasteiger partial charge in [-0.25, -0.2) is 4.90 Å². The van der Waals surface area contributed by atoms with Gasteiger partial charge in [0.1, 0.15) is 5.75 Å². The van der Waals surface area contributed by atoms with Gasteiger partial charge in [-0.2, -0.15) is 0 Å². The van der Waals surface area contributed by atoms with E-state index in [4.69, 9.17) is 11.6 Å². The van der Waals surface area contributed by atoms with E-state index < -0.39 is 5.91 Å². The van der Waals surface area contributed by atoms with Gasteiger partial charge in [0.05, 0.1) is 19.2 Å². The van der Waals surface area contributed by atoms with Crippen LogP contribution in [0.4, 0.5) is 10.5 Å². The summed E-state index contributed by atoms with van der Waals surface area (Å²) in [6.45, 7) is 0. The second kappa shape index (κ2) is 6.54. The molecule has 23 heavy (non-hydrogen) atoms. The molecule has 0 saturated carbocycles. The Morgan fingerprint density at radius 3 is 2.61 bits per heavy atom. The Morgan fingerprint density at radius 2 is 1.91 bits per heavy atom. The molecule has 116 valence electrons. The standard InChI is InChI=1S/C16H9ClINO3S/c17-10-3-1-2-4-12(10)19-15(21)14(23-16(19)22)8-9-5-6-13(20)11(18)7-9/h1-8,20H/b14-8-. The van der Waals surface area contributed by atoms with Gasteiger partial charge in [-0.15, -0.1) is 0 Å². The lowest BCUT2D eigenvalue weighted by Gasteiger charge is -2.13. The molecule has 3 rings (SSSR count). The van der Waals surface area contributed by atoms with Crippen LogP contribution in [0.5, 0.6) is 5.75 Å². The van der Waals surface area contributed by atoms with E-state index in [0.717, 1.165) is 22.2 Å². The van der Waals surface area contributed by atoms with Gasteiger partial charge in [0.15, 0.2) is 0 Å². The van der Waals surface area contributed by atoms with Crippen LogP contribution in [0.1, 0.15) is 5.56 Å². The first-order chi connectivity index (χ1) is 11.0. The molecule has 1 aliphatic heterocycles. The normalized spacial score (nSPS) is 16.4. The molecular formula is C16H9ClINO3S. The highest BCUT2D eigenvalue weighted by atomic mass is 127. The van der Waals surface area contributed by atoms with Crippen molar-refractivity contribution in [1.82, 2.24) is 0 Å². The highest BCUT2D eigenvalue weighted by molar-refractivity contribution is 14.1. The van der Waals surface area contributed by atoms with Crippen LogP contribution in [0.25, 0.3) is 6.08 Å². The zero-order valence-electron chi connectivity index (χ0n) is 11.5. The number of rotatable bonds is 2. The lowest BCUT2D eigenvalue weighted by atomic mass is 10.2. The van der Waals surface area contributed by atoms with Crippen LogP contribution < -0.4 is 4.90 Å². The molecule has 1 heterocycles. The minimum Gasteiger partial charge on any atom is -0.507 e. The fourth-order valence-electron chi connectivity index (χ4n) is 2.07. The fourth-order valence-corrected chi connectivity index (χ4v) is 3.67. The third kappa shape index (κ3) is 3.24. The van der Waals surface area contributed by atoms with Crippen molar-refractivity contribution in [2.45, 2.75) is 0 Å². The van der Waals surface area contributed by atoms with Crippen LogP contribution in [-0.4, -0.2) is 16.3 Å². The predicted octanol–water partition coefficient (Wildman–Crippen LogP) is 4.89. The van der Waals surface area contributed by atoms with E-state index in [-0.39, 0.29) is 11.0 Å². The summed E-state index contributed by atoms with van der Waals surface area (Å²) >= 11 is 8.94. The summed E-state index contributed by atoms with van der Waals surface area (Å²) in [4.78, 5) is 26.1. The summed E-state index contributed by atoms with van der Waals surface area (Å²) in [5.41, 5.74) is 1.11. The second-order valence-corrected chi connectivity index (χ2v) is 7.24. The topological polar surface area (TPSA) is 57.6 Å². The van der Waals surface area contributed by atoms with E-state index in [1.807, 2.05) is 22.6 Å². The Bertz CT molecular complexity index is 853. The number of thioether (sulfide) groups is 1. The molecule has 1 aliphatic rings. The minimum absolute atomic E-state index is 0.173. The van der Waals surface area contributed by atoms with E-state index in [1.54, 1.807) is 48.5 Å². The largest absolute Gasteiger partial charge is 0.507 e. The van der Waals surface area contributed by atoms with Crippen LogP contribution in [0, 0.1) is 3.57 Å². The zero-order valence-corrected chi connectivity index (χ0v) is 15.2. The average Bonchev–Trinajstić information content (AvgIpc) is 2.78. The number of carbonyl (C=O) groups is 2. The average molecular weight is 458 g/mol. The number of amides is 2. The molecule has 0 unspecified atom stereocenters. The quantitative estimate of drug-likeness (QED) is 0.515. The van der Waals surface area contributed by atoms with Crippen molar-refractivity contribution in [2.24, 2.45) is 0 Å². The van der Waals surface area contributed by atoms with Crippen molar-refractivity contribution >= 4 is 68.9 Å². The summed E-state index contributed by atoms with van der Waals surface area (Å²) in [6.07, 6.45) is 1.63. The van der Waals surface area contributed by atoms with Gasteiger partial charge in [-0.1, -0.05) is 29.8 Å². The number of carbonyl (C=O) groups excluding carboxylic acids is 2. The first kappa shape index (κ1) is 16.4. The van der Waals surface area contributed by atoms with Crippen LogP contribution in [0.3, 0.4) is 0 Å². The summed E-state index contributed by atoms with van der Waals surface area (Å²) in [5.74, 6) is -0.233. The molecule has 1 N–H and O–H groups in total. The molecular weight excluding hydrogens is 449 g/mol. The number of benzene rings is 2. The van der Waals surface area contributed by atoms with Crippen molar-refractivity contribution in [2.75, 3.05) is 4.90 Å². The lowest BCUT2D eigenvalue weighted by molar-refractivity contribution is -0.113. The highest BCUT2D eigenvalue weighted by Crippen LogP contribution is 2.38. The lowest BCUT2D eigenvalue weighted by Crippen LogP contribution is -2.27. The first-order valence-electron chi connectivity index (χ1n) is 6.48. The Balaban J connectivity index is 1.96. The SMILES string of the molecule is O=C1S/C(=C\c2ccc(O)c(I)c2)C(=O)N1c1ccccc1Cl. The Kier molecular flexibility index (Phi) is 4.65. The van der Waals surface area contributed by atoms with Gasteiger partial charge in [-0.3, -0.25) is 9.59 Å². The van der Waals surface area contributed by atoms with Crippen molar-refractivity contribution in [3.63, 3.8) is 0 Å². The van der Waals surface area contributed by atoms with Crippen LogP contribution in [-0.2, 0) is 4.79 Å². The van der Waals surface area contributed by atoms with Crippen molar-refractivity contribution in [3.8, 4) is 5.75 Å². The molecule has 2 aromatic carbocycles. The number of phenols is 1. The van der Waals surface area contributed by atoms with Crippen molar-refractivity contribution in [3.05, 3.63) is 61.5 Å². The summed E-state index contributed by atoms with van der Waals surface area (Å²) in [6, 6.07) is 11.7. The molecule has 0 aromatic heterocycles. The third-order valence-corrected chi connectivity index (χ3v) is 5.21. The number of nitrogens with zero attached hydrogens (tertiary/aromatic N) is 1. The number of phenolic OH excluding ortho intramolecular Hbond substituents is 1. The van der Waals surface area contributed by atoms with Crippen molar-refractivity contribution in [1.29, 1.82) is 0 Å². The van der Waals surface area contributed by atoms with Crippen LogP contribution >= 0.6 is 46.0 Å². The second-order valence-electron chi connectivity index (χ2n) is 4.68. The van der Waals surface area contributed by atoms with Crippen LogP contribution in [0.2, 0.25) is 5.02 Å². The van der Waals surface area contributed by atoms with Gasteiger partial charge < -0.3 is 5.11 Å². The monoisotopic (exact) mass is 457 g/mol. The van der Waals surface area contributed by atoms with E-state index >= 15 is 0 Å². The number of hydrogen-bond acceptors (Lipinski definition) is 4. The number of para-hydroxylation sites is 1. The molecule has 0 atom stereocenters. The maximum atomic E-state index is 12.5. The van der Waals surface area contributed by atoms with Gasteiger partial charge >= 0.3 is 0 Å². The maximum Gasteiger partial charge on any atom is 0.298 e. The van der Waals surface area contributed by atoms with E-state index in [2.05, 4.69) is 0 Å². The van der Waals surface area contributed by atoms with Crippen molar-refractivity contribution < 1.29 is 14.7 Å². The summed E-state index contributed by atoms with van der Waals surface area (Å²) in [7, 11) is 0. The van der Waals surface area contributed by atoms with Gasteiger partial charge in [0.2, 0.25) is 0 Å². The first-order valence-corrected chi connectivity index (χ1v) is 8.75.